The fourth-order valence-electron chi connectivity index (χ4n) is 2.21. The lowest BCUT2D eigenvalue weighted by Gasteiger charge is -2.15. The van der Waals surface area contributed by atoms with Crippen LogP contribution in [0.5, 0.6) is 0 Å². The molecule has 0 saturated carbocycles. The maximum atomic E-state index is 6.26. The molecule has 1 heterocycles. The molecule has 0 bridgehead atoms. The highest BCUT2D eigenvalue weighted by molar-refractivity contribution is 6.33. The largest absolute Gasteiger partial charge is 0.396 e. The van der Waals surface area contributed by atoms with Gasteiger partial charge in [0.2, 0.25) is 0 Å². The van der Waals surface area contributed by atoms with Crippen molar-refractivity contribution >= 4 is 39.6 Å². The lowest BCUT2D eigenvalue weighted by Crippen LogP contribution is -2.00. The quantitative estimate of drug-likeness (QED) is 0.727. The molecule has 0 spiro atoms. The molecule has 2 aromatic carbocycles. The second-order valence-corrected chi connectivity index (χ2v) is 5.07. The van der Waals surface area contributed by atoms with E-state index >= 15 is 0 Å². The molecule has 3 nitrogen and oxygen atoms in total. The zero-order chi connectivity index (χ0) is 14.1. The molecule has 1 aromatic heterocycles. The van der Waals surface area contributed by atoms with Gasteiger partial charge in [-0.2, -0.15) is 0 Å². The standard InChI is InChI=1S/C16H14ClN3/c1-10-5-4-7-12(17)15(10)20-16-11-6-2-3-8-14(11)19-9-13(16)18/h2-9H,18H2,1H3,(H,19,20). The Hall–Kier alpha value is -2.26. The molecule has 0 amide bonds. The van der Waals surface area contributed by atoms with Crippen molar-refractivity contribution in [2.45, 2.75) is 6.92 Å². The van der Waals surface area contributed by atoms with E-state index in [-0.39, 0.29) is 0 Å². The Bertz CT molecular complexity index is 764. The SMILES string of the molecule is Cc1cccc(Cl)c1Nc1c(N)cnc2ccccc12. The van der Waals surface area contributed by atoms with Crippen molar-refractivity contribution in [3.8, 4) is 0 Å². The molecule has 3 aromatic rings. The maximum absolute atomic E-state index is 6.26. The molecule has 0 unspecified atom stereocenters. The van der Waals surface area contributed by atoms with Crippen LogP contribution >= 0.6 is 11.6 Å². The van der Waals surface area contributed by atoms with Gasteiger partial charge >= 0.3 is 0 Å². The Labute approximate surface area is 122 Å². The van der Waals surface area contributed by atoms with Gasteiger partial charge in [0.1, 0.15) is 0 Å². The molecular formula is C16H14ClN3. The summed E-state index contributed by atoms with van der Waals surface area (Å²) in [5.74, 6) is 0. The first-order valence-corrected chi connectivity index (χ1v) is 6.70. The molecule has 0 aliphatic rings. The van der Waals surface area contributed by atoms with Gasteiger partial charge in [-0.1, -0.05) is 41.9 Å². The number of benzene rings is 2. The van der Waals surface area contributed by atoms with Gasteiger partial charge in [0.15, 0.2) is 0 Å². The van der Waals surface area contributed by atoms with Gasteiger partial charge in [0, 0.05) is 5.39 Å². The van der Waals surface area contributed by atoms with E-state index in [1.54, 1.807) is 6.20 Å². The lowest BCUT2D eigenvalue weighted by molar-refractivity contribution is 1.39. The smallest absolute Gasteiger partial charge is 0.0746 e. The van der Waals surface area contributed by atoms with Crippen LogP contribution in [0.2, 0.25) is 5.02 Å². The van der Waals surface area contributed by atoms with Crippen LogP contribution < -0.4 is 11.1 Å². The number of nitrogens with zero attached hydrogens (tertiary/aromatic N) is 1. The number of aromatic nitrogens is 1. The normalized spacial score (nSPS) is 10.7. The highest BCUT2D eigenvalue weighted by Crippen LogP contribution is 2.34. The van der Waals surface area contributed by atoms with Gasteiger partial charge in [-0.3, -0.25) is 4.98 Å². The predicted molar refractivity (Wildman–Crippen MR) is 85.6 cm³/mol. The molecule has 0 atom stereocenters. The number of hydrogen-bond donors (Lipinski definition) is 2. The molecule has 4 heteroatoms. The summed E-state index contributed by atoms with van der Waals surface area (Å²) < 4.78 is 0. The summed E-state index contributed by atoms with van der Waals surface area (Å²) in [6.45, 7) is 2.01. The Morgan fingerprint density at radius 2 is 1.85 bits per heavy atom. The van der Waals surface area contributed by atoms with Crippen molar-refractivity contribution in [1.82, 2.24) is 4.98 Å². The zero-order valence-electron chi connectivity index (χ0n) is 11.0. The Balaban J connectivity index is 2.18. The van der Waals surface area contributed by atoms with E-state index in [4.69, 9.17) is 17.3 Å². The van der Waals surface area contributed by atoms with Crippen LogP contribution in [0.15, 0.2) is 48.7 Å². The van der Waals surface area contributed by atoms with Crippen LogP contribution in [-0.4, -0.2) is 4.98 Å². The topological polar surface area (TPSA) is 50.9 Å². The molecule has 20 heavy (non-hydrogen) atoms. The van der Waals surface area contributed by atoms with Crippen LogP contribution in [0.1, 0.15) is 5.56 Å². The number of hydrogen-bond acceptors (Lipinski definition) is 3. The molecular weight excluding hydrogens is 270 g/mol. The van der Waals surface area contributed by atoms with Gasteiger partial charge in [-0.25, -0.2) is 0 Å². The van der Waals surface area contributed by atoms with E-state index in [1.165, 1.54) is 0 Å². The first kappa shape index (κ1) is 12.8. The van der Waals surface area contributed by atoms with Gasteiger partial charge in [0.25, 0.3) is 0 Å². The van der Waals surface area contributed by atoms with Crippen LogP contribution in [-0.2, 0) is 0 Å². The number of anilines is 3. The molecule has 0 aliphatic carbocycles. The second-order valence-electron chi connectivity index (χ2n) is 4.66. The summed E-state index contributed by atoms with van der Waals surface area (Å²) in [4.78, 5) is 4.33. The fraction of sp³-hybridized carbons (Fsp3) is 0.0625. The maximum Gasteiger partial charge on any atom is 0.0746 e. The first-order valence-electron chi connectivity index (χ1n) is 6.32. The number of nitrogens with one attached hydrogen (secondary N) is 1. The van der Waals surface area contributed by atoms with E-state index in [1.807, 2.05) is 49.4 Å². The van der Waals surface area contributed by atoms with Crippen LogP contribution in [0, 0.1) is 6.92 Å². The summed E-state index contributed by atoms with van der Waals surface area (Å²) in [6, 6.07) is 13.7. The number of nitrogen functional groups attached to an aromatic ring is 1. The van der Waals surface area contributed by atoms with Crippen LogP contribution in [0.4, 0.5) is 17.1 Å². The molecule has 0 aliphatic heterocycles. The Kier molecular flexibility index (Phi) is 3.20. The van der Waals surface area contributed by atoms with E-state index in [0.29, 0.717) is 10.7 Å². The minimum atomic E-state index is 0.600. The van der Waals surface area contributed by atoms with Gasteiger partial charge in [-0.15, -0.1) is 0 Å². The van der Waals surface area contributed by atoms with Crippen molar-refractivity contribution in [2.24, 2.45) is 0 Å². The number of rotatable bonds is 2. The predicted octanol–water partition coefficient (Wildman–Crippen LogP) is 4.52. The van der Waals surface area contributed by atoms with Gasteiger partial charge in [-0.05, 0) is 24.6 Å². The van der Waals surface area contributed by atoms with Gasteiger partial charge in [0.05, 0.1) is 33.8 Å². The monoisotopic (exact) mass is 283 g/mol. The number of pyridine rings is 1. The van der Waals surface area contributed by atoms with E-state index < -0.39 is 0 Å². The third-order valence-corrected chi connectivity index (χ3v) is 3.59. The van der Waals surface area contributed by atoms with Crippen molar-refractivity contribution < 1.29 is 0 Å². The fourth-order valence-corrected chi connectivity index (χ4v) is 2.48. The Morgan fingerprint density at radius 1 is 1.05 bits per heavy atom. The molecule has 0 saturated heterocycles. The van der Waals surface area contributed by atoms with Gasteiger partial charge < -0.3 is 11.1 Å². The summed E-state index contributed by atoms with van der Waals surface area (Å²) in [5.41, 5.74) is 10.3. The minimum absolute atomic E-state index is 0.600. The number of fused-ring (bicyclic) bond motifs is 1. The number of halogens is 1. The highest BCUT2D eigenvalue weighted by atomic mass is 35.5. The third-order valence-electron chi connectivity index (χ3n) is 3.28. The summed E-state index contributed by atoms with van der Waals surface area (Å²) >= 11 is 6.26. The lowest BCUT2D eigenvalue weighted by atomic mass is 10.1. The molecule has 3 N–H and O–H groups in total. The zero-order valence-corrected chi connectivity index (χ0v) is 11.8. The van der Waals surface area contributed by atoms with Crippen molar-refractivity contribution in [3.63, 3.8) is 0 Å². The number of aryl methyl sites for hydroxylation is 1. The summed E-state index contributed by atoms with van der Waals surface area (Å²) in [7, 11) is 0. The molecule has 3 rings (SSSR count). The first-order chi connectivity index (χ1) is 9.66. The van der Waals surface area contributed by atoms with E-state index in [9.17, 15) is 0 Å². The molecule has 0 radical (unpaired) electrons. The summed E-state index contributed by atoms with van der Waals surface area (Å²) in [6.07, 6.45) is 1.66. The molecule has 100 valence electrons. The third kappa shape index (κ3) is 2.17. The van der Waals surface area contributed by atoms with Crippen molar-refractivity contribution in [1.29, 1.82) is 0 Å². The number of para-hydroxylation sites is 2. The summed E-state index contributed by atoms with van der Waals surface area (Å²) in [5, 5.41) is 5.00. The minimum Gasteiger partial charge on any atom is -0.396 e. The highest BCUT2D eigenvalue weighted by Gasteiger charge is 2.10. The average molecular weight is 284 g/mol. The van der Waals surface area contributed by atoms with E-state index in [0.717, 1.165) is 27.8 Å². The van der Waals surface area contributed by atoms with E-state index in [2.05, 4.69) is 10.3 Å². The second kappa shape index (κ2) is 5.02. The average Bonchev–Trinajstić information content (AvgIpc) is 2.45. The molecule has 0 fully saturated rings. The van der Waals surface area contributed by atoms with Crippen molar-refractivity contribution in [2.75, 3.05) is 11.1 Å². The van der Waals surface area contributed by atoms with Crippen LogP contribution in [0.3, 0.4) is 0 Å². The number of nitrogens with two attached hydrogens (primary N) is 1. The Morgan fingerprint density at radius 3 is 2.65 bits per heavy atom. The van der Waals surface area contributed by atoms with Crippen molar-refractivity contribution in [3.05, 3.63) is 59.2 Å². The van der Waals surface area contributed by atoms with Crippen LogP contribution in [0.25, 0.3) is 10.9 Å².